The van der Waals surface area contributed by atoms with Gasteiger partial charge >= 0.3 is 5.97 Å². The topological polar surface area (TPSA) is 82.0 Å². The van der Waals surface area contributed by atoms with Crippen LogP contribution in [-0.4, -0.2) is 59.5 Å². The molecule has 0 amide bonds. The Morgan fingerprint density at radius 1 is 1.14 bits per heavy atom. The van der Waals surface area contributed by atoms with Gasteiger partial charge in [0.05, 0.1) is 5.56 Å². The number of ether oxygens (including phenoxy) is 1. The molecule has 2 aromatic rings. The van der Waals surface area contributed by atoms with Crippen molar-refractivity contribution in [1.29, 1.82) is 0 Å². The molecule has 1 aliphatic rings. The molecule has 1 saturated heterocycles. The van der Waals surface area contributed by atoms with Gasteiger partial charge in [0.2, 0.25) is 0 Å². The molecular formula is C22H28N2O4. The molecule has 1 unspecified atom stereocenters. The summed E-state index contributed by atoms with van der Waals surface area (Å²) < 4.78 is 5.52. The molecule has 1 aliphatic heterocycles. The number of aliphatic hydroxyl groups is 1. The van der Waals surface area contributed by atoms with Crippen molar-refractivity contribution in [2.45, 2.75) is 31.5 Å². The van der Waals surface area contributed by atoms with Crippen molar-refractivity contribution < 1.29 is 19.7 Å². The number of carboxylic acids is 1. The molecule has 3 N–H and O–H groups in total. The van der Waals surface area contributed by atoms with Gasteiger partial charge < -0.3 is 20.3 Å². The molecule has 3 rings (SSSR count). The van der Waals surface area contributed by atoms with Gasteiger partial charge in [0, 0.05) is 19.1 Å². The van der Waals surface area contributed by atoms with Gasteiger partial charge in [-0.05, 0) is 49.7 Å². The van der Waals surface area contributed by atoms with Gasteiger partial charge in [-0.2, -0.15) is 0 Å². The standard InChI is InChI=1S/C22H28N2O4/c25-20(16-28-21-8-4-7-18(13-21)22(26)27)14-23-19-9-11-24(12-10-19)15-17-5-2-1-3-6-17/h1-8,13,19-20,23,25H,9-12,14-16H2,(H,26,27). The van der Waals surface area contributed by atoms with Gasteiger partial charge in [-0.1, -0.05) is 36.4 Å². The van der Waals surface area contributed by atoms with E-state index in [0.29, 0.717) is 18.3 Å². The fourth-order valence-electron chi connectivity index (χ4n) is 3.41. The smallest absolute Gasteiger partial charge is 0.335 e. The summed E-state index contributed by atoms with van der Waals surface area (Å²) in [5.74, 6) is -0.542. The van der Waals surface area contributed by atoms with Crippen molar-refractivity contribution in [3.8, 4) is 5.75 Å². The number of aliphatic hydroxyl groups excluding tert-OH is 1. The van der Waals surface area contributed by atoms with Crippen molar-refractivity contribution in [3.05, 3.63) is 65.7 Å². The first-order valence-electron chi connectivity index (χ1n) is 9.74. The third-order valence-electron chi connectivity index (χ3n) is 5.00. The highest BCUT2D eigenvalue weighted by atomic mass is 16.5. The summed E-state index contributed by atoms with van der Waals surface area (Å²) in [5.41, 5.74) is 1.51. The van der Waals surface area contributed by atoms with Crippen molar-refractivity contribution in [2.75, 3.05) is 26.2 Å². The van der Waals surface area contributed by atoms with E-state index in [9.17, 15) is 9.90 Å². The molecule has 28 heavy (non-hydrogen) atoms. The first-order chi connectivity index (χ1) is 13.6. The van der Waals surface area contributed by atoms with Gasteiger partial charge in [0.25, 0.3) is 0 Å². The summed E-state index contributed by atoms with van der Waals surface area (Å²) in [6.45, 7) is 3.66. The lowest BCUT2D eigenvalue weighted by molar-refractivity contribution is 0.0696. The van der Waals surface area contributed by atoms with Gasteiger partial charge in [0.15, 0.2) is 0 Å². The molecule has 0 spiro atoms. The minimum Gasteiger partial charge on any atom is -0.491 e. The highest BCUT2D eigenvalue weighted by Gasteiger charge is 2.19. The monoisotopic (exact) mass is 384 g/mol. The van der Waals surface area contributed by atoms with E-state index in [1.54, 1.807) is 12.1 Å². The van der Waals surface area contributed by atoms with E-state index in [2.05, 4.69) is 34.5 Å². The number of rotatable bonds is 9. The van der Waals surface area contributed by atoms with Gasteiger partial charge in [-0.3, -0.25) is 4.90 Å². The zero-order valence-corrected chi connectivity index (χ0v) is 16.0. The summed E-state index contributed by atoms with van der Waals surface area (Å²) in [4.78, 5) is 13.4. The Kier molecular flexibility index (Phi) is 7.42. The van der Waals surface area contributed by atoms with Crippen LogP contribution in [0.1, 0.15) is 28.8 Å². The van der Waals surface area contributed by atoms with Crippen molar-refractivity contribution in [2.24, 2.45) is 0 Å². The Morgan fingerprint density at radius 2 is 1.89 bits per heavy atom. The minimum absolute atomic E-state index is 0.128. The lowest BCUT2D eigenvalue weighted by Crippen LogP contribution is -2.45. The molecular weight excluding hydrogens is 356 g/mol. The Hall–Kier alpha value is -2.41. The van der Waals surface area contributed by atoms with Crippen LogP contribution in [0.4, 0.5) is 0 Å². The zero-order valence-electron chi connectivity index (χ0n) is 16.0. The zero-order chi connectivity index (χ0) is 19.8. The van der Waals surface area contributed by atoms with Crippen LogP contribution < -0.4 is 10.1 Å². The SMILES string of the molecule is O=C(O)c1cccc(OCC(O)CNC2CCN(Cc3ccccc3)CC2)c1. The predicted molar refractivity (Wildman–Crippen MR) is 108 cm³/mol. The van der Waals surface area contributed by atoms with Crippen LogP contribution >= 0.6 is 0 Å². The van der Waals surface area contributed by atoms with Crippen LogP contribution in [0.15, 0.2) is 54.6 Å². The highest BCUT2D eigenvalue weighted by molar-refractivity contribution is 5.87. The molecule has 2 aromatic carbocycles. The number of benzene rings is 2. The summed E-state index contributed by atoms with van der Waals surface area (Å²) >= 11 is 0. The van der Waals surface area contributed by atoms with E-state index in [1.165, 1.54) is 17.7 Å². The average Bonchev–Trinajstić information content (AvgIpc) is 2.73. The molecule has 150 valence electrons. The Labute approximate surface area is 165 Å². The Morgan fingerprint density at radius 3 is 2.61 bits per heavy atom. The van der Waals surface area contributed by atoms with Crippen LogP contribution in [0.2, 0.25) is 0 Å². The number of hydrogen-bond acceptors (Lipinski definition) is 5. The molecule has 0 aliphatic carbocycles. The molecule has 0 aromatic heterocycles. The van der Waals surface area contributed by atoms with Gasteiger partial charge in [0.1, 0.15) is 18.5 Å². The largest absolute Gasteiger partial charge is 0.491 e. The second-order valence-corrected chi connectivity index (χ2v) is 7.24. The van der Waals surface area contributed by atoms with E-state index in [1.807, 2.05) is 6.07 Å². The lowest BCUT2D eigenvalue weighted by atomic mass is 10.0. The highest BCUT2D eigenvalue weighted by Crippen LogP contribution is 2.15. The van der Waals surface area contributed by atoms with Gasteiger partial charge in [-0.25, -0.2) is 4.79 Å². The van der Waals surface area contributed by atoms with Crippen LogP contribution in [0.25, 0.3) is 0 Å². The fraction of sp³-hybridized carbons (Fsp3) is 0.409. The Balaban J connectivity index is 1.33. The van der Waals surface area contributed by atoms with Crippen LogP contribution in [0, 0.1) is 0 Å². The lowest BCUT2D eigenvalue weighted by Gasteiger charge is -2.33. The van der Waals surface area contributed by atoms with E-state index >= 15 is 0 Å². The number of nitrogens with zero attached hydrogens (tertiary/aromatic N) is 1. The van der Waals surface area contributed by atoms with Crippen LogP contribution in [0.3, 0.4) is 0 Å². The Bertz CT molecular complexity index is 745. The number of aromatic carboxylic acids is 1. The maximum absolute atomic E-state index is 11.0. The normalized spacial score (nSPS) is 16.6. The molecule has 1 fully saturated rings. The first kappa shape index (κ1) is 20.3. The maximum atomic E-state index is 11.0. The number of carbonyl (C=O) groups is 1. The molecule has 6 heteroatoms. The maximum Gasteiger partial charge on any atom is 0.335 e. The molecule has 0 radical (unpaired) electrons. The second-order valence-electron chi connectivity index (χ2n) is 7.24. The van der Waals surface area contributed by atoms with E-state index in [-0.39, 0.29) is 12.2 Å². The summed E-state index contributed by atoms with van der Waals surface area (Å²) in [7, 11) is 0. The third kappa shape index (κ3) is 6.34. The average molecular weight is 384 g/mol. The molecule has 1 heterocycles. The van der Waals surface area contributed by atoms with Gasteiger partial charge in [-0.15, -0.1) is 0 Å². The predicted octanol–water partition coefficient (Wildman–Crippen LogP) is 2.38. The molecule has 0 bridgehead atoms. The third-order valence-corrected chi connectivity index (χ3v) is 5.00. The number of likely N-dealkylation sites (tertiary alicyclic amines) is 1. The van der Waals surface area contributed by atoms with E-state index in [0.717, 1.165) is 32.5 Å². The summed E-state index contributed by atoms with van der Waals surface area (Å²) in [6, 6.07) is 17.2. The van der Waals surface area contributed by atoms with Crippen molar-refractivity contribution in [1.82, 2.24) is 10.2 Å². The first-order valence-corrected chi connectivity index (χ1v) is 9.74. The number of carboxylic acid groups (broad SMARTS) is 1. The van der Waals surface area contributed by atoms with Crippen molar-refractivity contribution in [3.63, 3.8) is 0 Å². The van der Waals surface area contributed by atoms with Crippen LogP contribution in [0.5, 0.6) is 5.75 Å². The molecule has 0 saturated carbocycles. The number of nitrogens with one attached hydrogen (secondary N) is 1. The summed E-state index contributed by atoms with van der Waals surface area (Å²) in [5, 5.41) is 22.6. The summed E-state index contributed by atoms with van der Waals surface area (Å²) in [6.07, 6.45) is 1.47. The molecule has 1 atom stereocenters. The quantitative estimate of drug-likeness (QED) is 0.616. The van der Waals surface area contributed by atoms with Crippen molar-refractivity contribution >= 4 is 5.97 Å². The van der Waals surface area contributed by atoms with Crippen LogP contribution in [-0.2, 0) is 6.54 Å². The van der Waals surface area contributed by atoms with E-state index in [4.69, 9.17) is 9.84 Å². The number of piperidine rings is 1. The van der Waals surface area contributed by atoms with E-state index < -0.39 is 12.1 Å². The minimum atomic E-state index is -0.994. The molecule has 6 nitrogen and oxygen atoms in total. The fourth-order valence-corrected chi connectivity index (χ4v) is 3.41. The second kappa shape index (κ2) is 10.2. The number of hydrogen-bond donors (Lipinski definition) is 3.